The molecule has 0 fully saturated rings. The van der Waals surface area contributed by atoms with Gasteiger partial charge in [-0.2, -0.15) is 0 Å². The number of ether oxygens (including phenoxy) is 1. The van der Waals surface area contributed by atoms with E-state index in [9.17, 15) is 14.4 Å². The maximum atomic E-state index is 13.0. The van der Waals surface area contributed by atoms with Crippen LogP contribution in [0.2, 0.25) is 0 Å². The van der Waals surface area contributed by atoms with E-state index in [4.69, 9.17) is 4.74 Å². The monoisotopic (exact) mass is 399 g/mol. The van der Waals surface area contributed by atoms with Gasteiger partial charge in [0.15, 0.2) is 0 Å². The normalized spacial score (nSPS) is 13.3. The third-order valence-electron chi connectivity index (χ3n) is 3.82. The van der Waals surface area contributed by atoms with Crippen molar-refractivity contribution in [1.82, 2.24) is 5.32 Å². The van der Waals surface area contributed by atoms with Gasteiger partial charge in [0.2, 0.25) is 5.12 Å². The van der Waals surface area contributed by atoms with Crippen LogP contribution in [0.25, 0.3) is 0 Å². The van der Waals surface area contributed by atoms with E-state index in [1.165, 1.54) is 6.92 Å². The highest BCUT2D eigenvalue weighted by Gasteiger charge is 2.36. The molecule has 2 atom stereocenters. The summed E-state index contributed by atoms with van der Waals surface area (Å²) in [5.41, 5.74) is -0.0320. The molecule has 0 aliphatic heterocycles. The van der Waals surface area contributed by atoms with Crippen LogP contribution in [0.4, 0.5) is 4.79 Å². The van der Waals surface area contributed by atoms with Crippen molar-refractivity contribution in [3.8, 4) is 0 Å². The molecule has 2 rings (SSSR count). The number of amides is 1. The van der Waals surface area contributed by atoms with Crippen molar-refractivity contribution in [1.29, 1.82) is 0 Å². The molecule has 0 aliphatic carbocycles. The van der Waals surface area contributed by atoms with E-state index in [0.717, 1.165) is 16.7 Å². The van der Waals surface area contributed by atoms with Crippen molar-refractivity contribution in [3.63, 3.8) is 0 Å². The number of hydrogen-bond donors (Lipinski definition) is 1. The number of benzene rings is 2. The molecule has 1 unspecified atom stereocenters. The summed E-state index contributed by atoms with van der Waals surface area (Å²) in [5, 5.41) is 2.39. The molecule has 5 nitrogen and oxygen atoms in total. The zero-order valence-corrected chi connectivity index (χ0v) is 17.3. The zero-order chi connectivity index (χ0) is 20.7. The van der Waals surface area contributed by atoms with E-state index >= 15 is 0 Å². The third-order valence-corrected chi connectivity index (χ3v) is 4.78. The summed E-state index contributed by atoms with van der Waals surface area (Å²) in [6.45, 7) is 6.62. The quantitative estimate of drug-likeness (QED) is 0.559. The van der Waals surface area contributed by atoms with Gasteiger partial charge in [0.1, 0.15) is 17.3 Å². The van der Waals surface area contributed by atoms with Crippen molar-refractivity contribution in [2.45, 2.75) is 44.2 Å². The molecule has 28 heavy (non-hydrogen) atoms. The first-order valence-corrected chi connectivity index (χ1v) is 9.80. The maximum Gasteiger partial charge on any atom is 0.408 e. The maximum absolute atomic E-state index is 13.0. The first kappa shape index (κ1) is 21.7. The minimum atomic E-state index is -1.04. The fraction of sp³-hybridized carbons (Fsp3) is 0.318. The molecule has 148 valence electrons. The molecule has 0 bridgehead atoms. The molecule has 6 heteroatoms. The molecule has 0 saturated carbocycles. The molecule has 0 radical (unpaired) electrons. The van der Waals surface area contributed by atoms with Gasteiger partial charge in [0.05, 0.1) is 6.04 Å². The van der Waals surface area contributed by atoms with Gasteiger partial charge >= 0.3 is 6.09 Å². The summed E-state index contributed by atoms with van der Waals surface area (Å²) in [6, 6.07) is 17.3. The largest absolute Gasteiger partial charge is 0.444 e. The fourth-order valence-electron chi connectivity index (χ4n) is 2.66. The molecule has 0 aromatic heterocycles. The van der Waals surface area contributed by atoms with Gasteiger partial charge in [0.25, 0.3) is 0 Å². The summed E-state index contributed by atoms with van der Waals surface area (Å²) in [6.07, 6.45) is -0.676. The van der Waals surface area contributed by atoms with Crippen molar-refractivity contribution in [2.24, 2.45) is 5.92 Å². The molecule has 2 aromatic rings. The average Bonchev–Trinajstić information content (AvgIpc) is 2.61. The van der Waals surface area contributed by atoms with Crippen molar-refractivity contribution in [2.75, 3.05) is 0 Å². The standard InChI is InChI=1S/C22H25NO4S/c1-15(24)18(20(25)28-17-13-9-6-10-14-17)19(16-11-7-5-8-12-16)23-21(26)27-22(2,3)4/h5-14,18-19H,1-4H3,(H,23,26)/t18?,19-/m0/s1. The van der Waals surface area contributed by atoms with Crippen LogP contribution >= 0.6 is 11.8 Å². The minimum Gasteiger partial charge on any atom is -0.444 e. The lowest BCUT2D eigenvalue weighted by molar-refractivity contribution is -0.128. The van der Waals surface area contributed by atoms with Crippen LogP contribution in [0, 0.1) is 5.92 Å². The van der Waals surface area contributed by atoms with Crippen LogP contribution in [0.3, 0.4) is 0 Å². The van der Waals surface area contributed by atoms with Crippen LogP contribution in [0.15, 0.2) is 65.6 Å². The second kappa shape index (κ2) is 9.55. The molecule has 1 N–H and O–H groups in total. The van der Waals surface area contributed by atoms with E-state index in [1.807, 2.05) is 24.3 Å². The average molecular weight is 400 g/mol. The molecule has 2 aromatic carbocycles. The highest BCUT2D eigenvalue weighted by Crippen LogP contribution is 2.31. The Balaban J connectivity index is 2.32. The zero-order valence-electron chi connectivity index (χ0n) is 16.5. The predicted octanol–water partition coefficient (Wildman–Crippen LogP) is 4.78. The molecule has 1 amide bonds. The number of carbonyl (C=O) groups is 3. The SMILES string of the molecule is CC(=O)C(C(=O)Sc1ccccc1)[C@@H](NC(=O)OC(C)(C)C)c1ccccc1. The number of carbonyl (C=O) groups excluding carboxylic acids is 3. The Labute approximate surface area is 169 Å². The van der Waals surface area contributed by atoms with Gasteiger partial charge in [0, 0.05) is 4.90 Å². The second-order valence-corrected chi connectivity index (χ2v) is 8.43. The molecule has 0 heterocycles. The Morgan fingerprint density at radius 3 is 1.96 bits per heavy atom. The predicted molar refractivity (Wildman–Crippen MR) is 110 cm³/mol. The van der Waals surface area contributed by atoms with Crippen LogP contribution < -0.4 is 5.32 Å². The van der Waals surface area contributed by atoms with E-state index < -0.39 is 23.7 Å². The molecule has 0 saturated heterocycles. The lowest BCUT2D eigenvalue weighted by Gasteiger charge is -2.27. The van der Waals surface area contributed by atoms with Gasteiger partial charge in [-0.1, -0.05) is 60.3 Å². The van der Waals surface area contributed by atoms with Gasteiger partial charge in [-0.15, -0.1) is 0 Å². The number of ketones is 1. The summed E-state index contributed by atoms with van der Waals surface area (Å²) < 4.78 is 5.34. The molecular weight excluding hydrogens is 374 g/mol. The van der Waals surface area contributed by atoms with Gasteiger partial charge in [-0.25, -0.2) is 4.79 Å². The Hall–Kier alpha value is -2.60. The highest BCUT2D eigenvalue weighted by molar-refractivity contribution is 8.13. The number of alkyl carbamates (subject to hydrolysis) is 1. The number of thioether (sulfide) groups is 1. The first-order chi connectivity index (χ1) is 13.2. The van der Waals surface area contributed by atoms with Crippen LogP contribution in [0.5, 0.6) is 0 Å². The Morgan fingerprint density at radius 2 is 1.46 bits per heavy atom. The molecule has 0 aliphatic rings. The number of nitrogens with one attached hydrogen (secondary N) is 1. The lowest BCUT2D eigenvalue weighted by atomic mass is 9.91. The van der Waals surface area contributed by atoms with E-state index in [-0.39, 0.29) is 10.9 Å². The van der Waals surface area contributed by atoms with E-state index in [2.05, 4.69) is 5.32 Å². The van der Waals surface area contributed by atoms with E-state index in [0.29, 0.717) is 5.56 Å². The molecule has 0 spiro atoms. The van der Waals surface area contributed by atoms with Crippen molar-refractivity contribution < 1.29 is 19.1 Å². The first-order valence-electron chi connectivity index (χ1n) is 8.99. The summed E-state index contributed by atoms with van der Waals surface area (Å²) in [4.78, 5) is 38.5. The fourth-order valence-corrected chi connectivity index (χ4v) is 3.61. The number of rotatable bonds is 6. The number of Topliss-reactive ketones (excluding diaryl/α,β-unsaturated/α-hetero) is 1. The van der Waals surface area contributed by atoms with Crippen LogP contribution in [0.1, 0.15) is 39.3 Å². The van der Waals surface area contributed by atoms with Gasteiger partial charge in [-0.05, 0) is 45.4 Å². The van der Waals surface area contributed by atoms with Gasteiger partial charge in [-0.3, -0.25) is 9.59 Å². The van der Waals surface area contributed by atoms with Gasteiger partial charge < -0.3 is 10.1 Å². The summed E-state index contributed by atoms with van der Waals surface area (Å²) in [7, 11) is 0. The Morgan fingerprint density at radius 1 is 0.929 bits per heavy atom. The highest BCUT2D eigenvalue weighted by atomic mass is 32.2. The van der Waals surface area contributed by atoms with Crippen LogP contribution in [-0.4, -0.2) is 22.6 Å². The Kier molecular flexibility index (Phi) is 7.40. The topological polar surface area (TPSA) is 72.5 Å². The summed E-state index contributed by atoms with van der Waals surface area (Å²) in [5.74, 6) is -1.36. The van der Waals surface area contributed by atoms with Crippen molar-refractivity contribution >= 4 is 28.8 Å². The van der Waals surface area contributed by atoms with Crippen molar-refractivity contribution in [3.05, 3.63) is 66.2 Å². The summed E-state index contributed by atoms with van der Waals surface area (Å²) >= 11 is 0.991. The smallest absolute Gasteiger partial charge is 0.408 e. The molecular formula is C22H25NO4S. The number of hydrogen-bond acceptors (Lipinski definition) is 5. The third kappa shape index (κ3) is 6.53. The Bertz CT molecular complexity index is 815. The van der Waals surface area contributed by atoms with E-state index in [1.54, 1.807) is 57.2 Å². The lowest BCUT2D eigenvalue weighted by Crippen LogP contribution is -2.41. The van der Waals surface area contributed by atoms with Crippen LogP contribution in [-0.2, 0) is 14.3 Å². The second-order valence-electron chi connectivity index (χ2n) is 7.36. The minimum absolute atomic E-state index is 0.321.